The molecule has 2 aromatic rings. The quantitative estimate of drug-likeness (QED) is 0.676. The molecule has 0 aromatic heterocycles. The van der Waals surface area contributed by atoms with Gasteiger partial charge in [-0.2, -0.15) is 0 Å². The van der Waals surface area contributed by atoms with Gasteiger partial charge in [-0.25, -0.2) is 0 Å². The third-order valence-electron chi connectivity index (χ3n) is 6.33. The van der Waals surface area contributed by atoms with Crippen LogP contribution in [0.2, 0.25) is 5.02 Å². The highest BCUT2D eigenvalue weighted by atomic mass is 35.5. The maximum atomic E-state index is 12.8. The molecule has 5 nitrogen and oxygen atoms in total. The molecule has 2 aromatic carbocycles. The number of nitrogens with zero attached hydrogens (tertiary/aromatic N) is 4. The zero-order valence-corrected chi connectivity index (χ0v) is 19.4. The lowest BCUT2D eigenvalue weighted by molar-refractivity contribution is -0.134. The minimum atomic E-state index is 0.115. The van der Waals surface area contributed by atoms with E-state index in [1.807, 2.05) is 38.2 Å². The number of amides is 1. The molecule has 1 fully saturated rings. The minimum Gasteiger partial charge on any atom is -0.371 e. The molecule has 31 heavy (non-hydrogen) atoms. The highest BCUT2D eigenvalue weighted by Crippen LogP contribution is 2.33. The number of anilines is 1. The molecule has 1 amide bonds. The maximum absolute atomic E-state index is 12.8. The summed E-state index contributed by atoms with van der Waals surface area (Å²) >= 11 is 6.56. The molecular formula is C25H31ClN4O. The van der Waals surface area contributed by atoms with E-state index in [0.717, 1.165) is 73.1 Å². The number of rotatable bonds is 6. The van der Waals surface area contributed by atoms with Crippen LogP contribution in [0.1, 0.15) is 24.0 Å². The topological polar surface area (TPSA) is 39.1 Å². The van der Waals surface area contributed by atoms with Crippen LogP contribution in [0.25, 0.3) is 0 Å². The first-order chi connectivity index (χ1) is 14.9. The minimum absolute atomic E-state index is 0.115. The number of aliphatic imine (C=N–C) groups is 1. The van der Waals surface area contributed by atoms with Crippen LogP contribution in [0, 0.1) is 5.92 Å². The Labute approximate surface area is 190 Å². The second kappa shape index (κ2) is 9.41. The monoisotopic (exact) mass is 438 g/mol. The van der Waals surface area contributed by atoms with Crippen molar-refractivity contribution < 1.29 is 4.79 Å². The van der Waals surface area contributed by atoms with E-state index in [2.05, 4.69) is 40.1 Å². The van der Waals surface area contributed by atoms with Crippen molar-refractivity contribution >= 4 is 34.6 Å². The second-order valence-corrected chi connectivity index (χ2v) is 9.26. The first-order valence-electron chi connectivity index (χ1n) is 11.0. The number of fused-ring (bicyclic) bond motifs is 1. The van der Waals surface area contributed by atoms with Crippen molar-refractivity contribution in [3.05, 3.63) is 58.6 Å². The Kier molecular flexibility index (Phi) is 6.63. The van der Waals surface area contributed by atoms with Gasteiger partial charge in [0, 0.05) is 61.8 Å². The predicted molar refractivity (Wildman–Crippen MR) is 129 cm³/mol. The maximum Gasteiger partial charge on any atom is 0.225 e. The second-order valence-electron chi connectivity index (χ2n) is 8.85. The lowest BCUT2D eigenvalue weighted by Gasteiger charge is -2.35. The number of hydrogen-bond acceptors (Lipinski definition) is 4. The normalized spacial score (nSPS) is 16.4. The van der Waals surface area contributed by atoms with Gasteiger partial charge in [-0.15, -0.1) is 0 Å². The van der Waals surface area contributed by atoms with E-state index >= 15 is 0 Å². The highest BCUT2D eigenvalue weighted by Gasteiger charge is 2.28. The van der Waals surface area contributed by atoms with Gasteiger partial charge in [0.25, 0.3) is 0 Å². The number of benzene rings is 2. The zero-order valence-electron chi connectivity index (χ0n) is 18.6. The number of para-hydroxylation sites is 1. The van der Waals surface area contributed by atoms with Crippen LogP contribution in [0.15, 0.2) is 47.5 Å². The predicted octanol–water partition coefficient (Wildman–Crippen LogP) is 4.25. The van der Waals surface area contributed by atoms with E-state index in [4.69, 9.17) is 16.6 Å². The number of piperidine rings is 1. The molecule has 2 aliphatic heterocycles. The van der Waals surface area contributed by atoms with Crippen molar-refractivity contribution in [3.63, 3.8) is 0 Å². The molecule has 6 heteroatoms. The average molecular weight is 439 g/mol. The molecule has 0 spiro atoms. The number of likely N-dealkylation sites (N-methyl/N-ethyl adjacent to an activating group) is 2. The first kappa shape index (κ1) is 21.8. The fourth-order valence-corrected chi connectivity index (χ4v) is 4.60. The summed E-state index contributed by atoms with van der Waals surface area (Å²) in [6.07, 6.45) is 2.58. The smallest absolute Gasteiger partial charge is 0.225 e. The van der Waals surface area contributed by atoms with E-state index in [1.165, 1.54) is 5.56 Å². The Balaban J connectivity index is 1.41. The standard InChI is InChI=1S/C25H31ClN4O/c1-28(2)14-15-29(3)25(31)18-10-12-30(13-11-18)20-8-9-22(26)21(17-20)24-16-19-6-4-5-7-23(19)27-24/h4-9,17-18H,10-16H2,1-3H3. The van der Waals surface area contributed by atoms with E-state index in [9.17, 15) is 4.79 Å². The summed E-state index contributed by atoms with van der Waals surface area (Å²) in [7, 11) is 5.99. The molecule has 0 saturated carbocycles. The van der Waals surface area contributed by atoms with Crippen LogP contribution in [0.5, 0.6) is 0 Å². The fourth-order valence-electron chi connectivity index (χ4n) is 4.38. The molecule has 0 radical (unpaired) electrons. The van der Waals surface area contributed by atoms with Crippen LogP contribution in [-0.4, -0.2) is 68.7 Å². The Morgan fingerprint density at radius 2 is 1.84 bits per heavy atom. The van der Waals surface area contributed by atoms with Crippen molar-refractivity contribution in [3.8, 4) is 0 Å². The third kappa shape index (κ3) is 4.94. The molecule has 2 heterocycles. The molecule has 0 bridgehead atoms. The van der Waals surface area contributed by atoms with E-state index in [1.54, 1.807) is 0 Å². The molecule has 0 N–H and O–H groups in total. The largest absolute Gasteiger partial charge is 0.371 e. The number of carbonyl (C=O) groups is 1. The van der Waals surface area contributed by atoms with Crippen molar-refractivity contribution in [2.45, 2.75) is 19.3 Å². The summed E-state index contributed by atoms with van der Waals surface area (Å²) in [4.78, 5) is 24.0. The Morgan fingerprint density at radius 1 is 1.10 bits per heavy atom. The molecule has 164 valence electrons. The number of hydrogen-bond donors (Lipinski definition) is 0. The highest BCUT2D eigenvalue weighted by molar-refractivity contribution is 6.34. The Morgan fingerprint density at radius 3 is 2.55 bits per heavy atom. The van der Waals surface area contributed by atoms with Crippen molar-refractivity contribution in [1.82, 2.24) is 9.80 Å². The van der Waals surface area contributed by atoms with E-state index < -0.39 is 0 Å². The molecule has 1 saturated heterocycles. The summed E-state index contributed by atoms with van der Waals surface area (Å²) in [6, 6.07) is 14.5. The van der Waals surface area contributed by atoms with Gasteiger partial charge in [-0.05, 0) is 56.8 Å². The Bertz CT molecular complexity index is 979. The van der Waals surface area contributed by atoms with E-state index in [-0.39, 0.29) is 11.8 Å². The van der Waals surface area contributed by atoms with Gasteiger partial charge in [0.1, 0.15) is 0 Å². The SMILES string of the molecule is CN(C)CCN(C)C(=O)C1CCN(c2ccc(Cl)c(C3=Nc4ccccc4C3)c2)CC1. The van der Waals surface area contributed by atoms with Gasteiger partial charge in [-0.1, -0.05) is 29.8 Å². The lowest BCUT2D eigenvalue weighted by atomic mass is 9.94. The first-order valence-corrected chi connectivity index (χ1v) is 11.4. The summed E-state index contributed by atoms with van der Waals surface area (Å²) in [5, 5.41) is 0.739. The molecular weight excluding hydrogens is 408 g/mol. The zero-order chi connectivity index (χ0) is 22.0. The van der Waals surface area contributed by atoms with Crippen LogP contribution in [0.3, 0.4) is 0 Å². The lowest BCUT2D eigenvalue weighted by Crippen LogP contribution is -2.43. The van der Waals surface area contributed by atoms with Gasteiger partial charge in [0.15, 0.2) is 0 Å². The van der Waals surface area contributed by atoms with Crippen molar-refractivity contribution in [1.29, 1.82) is 0 Å². The van der Waals surface area contributed by atoms with Crippen LogP contribution < -0.4 is 4.90 Å². The van der Waals surface area contributed by atoms with Crippen LogP contribution >= 0.6 is 11.6 Å². The summed E-state index contributed by atoms with van der Waals surface area (Å²) in [5.41, 5.74) is 5.48. The fraction of sp³-hybridized carbons (Fsp3) is 0.440. The van der Waals surface area contributed by atoms with Crippen LogP contribution in [-0.2, 0) is 11.2 Å². The number of halogens is 1. The molecule has 0 unspecified atom stereocenters. The average Bonchev–Trinajstić information content (AvgIpc) is 3.21. The molecule has 4 rings (SSSR count). The van der Waals surface area contributed by atoms with Gasteiger partial charge in [0.2, 0.25) is 5.91 Å². The van der Waals surface area contributed by atoms with Crippen LogP contribution in [0.4, 0.5) is 11.4 Å². The Hall–Kier alpha value is -2.37. The van der Waals surface area contributed by atoms with Gasteiger partial charge >= 0.3 is 0 Å². The molecule has 2 aliphatic rings. The third-order valence-corrected chi connectivity index (χ3v) is 6.66. The summed E-state index contributed by atoms with van der Waals surface area (Å²) in [6.45, 7) is 3.43. The van der Waals surface area contributed by atoms with Crippen molar-refractivity contribution in [2.24, 2.45) is 10.9 Å². The molecule has 0 atom stereocenters. The summed E-state index contributed by atoms with van der Waals surface area (Å²) in [5.74, 6) is 0.389. The number of carbonyl (C=O) groups excluding carboxylic acids is 1. The van der Waals surface area contributed by atoms with E-state index in [0.29, 0.717) is 0 Å². The molecule has 0 aliphatic carbocycles. The van der Waals surface area contributed by atoms with Gasteiger partial charge in [-0.3, -0.25) is 9.79 Å². The summed E-state index contributed by atoms with van der Waals surface area (Å²) < 4.78 is 0. The van der Waals surface area contributed by atoms with Crippen molar-refractivity contribution in [2.75, 3.05) is 52.2 Å². The van der Waals surface area contributed by atoms with Gasteiger partial charge < -0.3 is 14.7 Å². The van der Waals surface area contributed by atoms with Gasteiger partial charge in [0.05, 0.1) is 11.4 Å².